The molecule has 0 aliphatic heterocycles. The zero-order valence-corrected chi connectivity index (χ0v) is 17.5. The SMILES string of the molecule is CC(C)(C)c1cccc(O)c1.CC(C)(C)c1cccc(O)c1.[Zr]. The second-order valence-electron chi connectivity index (χ2n) is 7.60. The maximum absolute atomic E-state index is 9.18. The van der Waals surface area contributed by atoms with Crippen molar-refractivity contribution in [3.05, 3.63) is 59.7 Å². The Bertz CT molecular complexity index is 552. The van der Waals surface area contributed by atoms with E-state index in [9.17, 15) is 10.2 Å². The molecular weight excluding hydrogens is 363 g/mol. The molecule has 0 saturated carbocycles. The number of hydrogen-bond acceptors (Lipinski definition) is 2. The van der Waals surface area contributed by atoms with Gasteiger partial charge in [-0.15, -0.1) is 0 Å². The first kappa shape index (κ1) is 21.9. The van der Waals surface area contributed by atoms with Gasteiger partial charge in [0.1, 0.15) is 11.5 Å². The van der Waals surface area contributed by atoms with E-state index in [0.29, 0.717) is 11.5 Å². The van der Waals surface area contributed by atoms with Crippen LogP contribution in [0.2, 0.25) is 0 Å². The second kappa shape index (κ2) is 8.69. The number of benzene rings is 2. The van der Waals surface area contributed by atoms with E-state index in [0.717, 1.165) is 11.1 Å². The predicted molar refractivity (Wildman–Crippen MR) is 93.6 cm³/mol. The van der Waals surface area contributed by atoms with Gasteiger partial charge in [0, 0.05) is 26.2 Å². The minimum absolute atomic E-state index is 0. The van der Waals surface area contributed by atoms with Gasteiger partial charge in [0.15, 0.2) is 0 Å². The Morgan fingerprint density at radius 3 is 1.09 bits per heavy atom. The molecule has 0 spiro atoms. The van der Waals surface area contributed by atoms with Gasteiger partial charge in [-0.3, -0.25) is 0 Å². The molecule has 0 heterocycles. The minimum atomic E-state index is 0. The van der Waals surface area contributed by atoms with E-state index in [-0.39, 0.29) is 37.0 Å². The van der Waals surface area contributed by atoms with Crippen LogP contribution in [0.15, 0.2) is 48.5 Å². The molecule has 0 aromatic heterocycles. The van der Waals surface area contributed by atoms with Gasteiger partial charge in [0.25, 0.3) is 0 Å². The monoisotopic (exact) mass is 390 g/mol. The summed E-state index contributed by atoms with van der Waals surface area (Å²) in [5, 5.41) is 18.4. The molecule has 2 rings (SSSR count). The Balaban J connectivity index is 0.000000403. The fraction of sp³-hybridized carbons (Fsp3) is 0.400. The smallest absolute Gasteiger partial charge is 0.115 e. The zero-order chi connectivity index (χ0) is 17.0. The summed E-state index contributed by atoms with van der Waals surface area (Å²) in [6, 6.07) is 14.8. The van der Waals surface area contributed by atoms with E-state index >= 15 is 0 Å². The summed E-state index contributed by atoms with van der Waals surface area (Å²) in [6.07, 6.45) is 0. The van der Waals surface area contributed by atoms with Gasteiger partial charge in [-0.2, -0.15) is 0 Å². The number of hydrogen-bond donors (Lipinski definition) is 2. The van der Waals surface area contributed by atoms with E-state index in [1.54, 1.807) is 24.3 Å². The van der Waals surface area contributed by atoms with Gasteiger partial charge in [-0.1, -0.05) is 65.8 Å². The third-order valence-electron chi connectivity index (χ3n) is 3.42. The van der Waals surface area contributed by atoms with Crippen LogP contribution in [0.3, 0.4) is 0 Å². The van der Waals surface area contributed by atoms with E-state index < -0.39 is 0 Å². The van der Waals surface area contributed by atoms with E-state index in [2.05, 4.69) is 41.5 Å². The Labute approximate surface area is 159 Å². The molecule has 0 unspecified atom stereocenters. The summed E-state index contributed by atoms with van der Waals surface area (Å²) in [5.74, 6) is 0.690. The Morgan fingerprint density at radius 2 is 0.913 bits per heavy atom. The first-order valence-electron chi connectivity index (χ1n) is 7.59. The average Bonchev–Trinajstić information content (AvgIpc) is 2.37. The third-order valence-corrected chi connectivity index (χ3v) is 3.42. The van der Waals surface area contributed by atoms with Crippen LogP contribution in [0.5, 0.6) is 11.5 Å². The molecule has 124 valence electrons. The molecule has 0 aliphatic carbocycles. The quantitative estimate of drug-likeness (QED) is 0.633. The largest absolute Gasteiger partial charge is 0.508 e. The maximum Gasteiger partial charge on any atom is 0.115 e. The van der Waals surface area contributed by atoms with Crippen molar-refractivity contribution in [2.45, 2.75) is 52.4 Å². The molecule has 0 atom stereocenters. The summed E-state index contributed by atoms with van der Waals surface area (Å²) in [5.41, 5.74) is 2.58. The Morgan fingerprint density at radius 1 is 0.609 bits per heavy atom. The fourth-order valence-corrected chi connectivity index (χ4v) is 1.94. The van der Waals surface area contributed by atoms with Crippen LogP contribution < -0.4 is 0 Å². The van der Waals surface area contributed by atoms with Crippen molar-refractivity contribution in [2.24, 2.45) is 0 Å². The summed E-state index contributed by atoms with van der Waals surface area (Å²) in [4.78, 5) is 0. The van der Waals surface area contributed by atoms with Crippen LogP contribution in [0, 0.1) is 0 Å². The van der Waals surface area contributed by atoms with Crippen molar-refractivity contribution in [3.8, 4) is 11.5 Å². The molecular formula is C20H28O2Zr. The Hall–Kier alpha value is -1.08. The molecule has 0 bridgehead atoms. The number of rotatable bonds is 0. The molecule has 0 radical (unpaired) electrons. The first-order chi connectivity index (χ1) is 10.00. The van der Waals surface area contributed by atoms with E-state index in [1.807, 2.05) is 24.3 Å². The van der Waals surface area contributed by atoms with Crippen molar-refractivity contribution >= 4 is 0 Å². The van der Waals surface area contributed by atoms with E-state index in [4.69, 9.17) is 0 Å². The van der Waals surface area contributed by atoms with Crippen molar-refractivity contribution in [1.82, 2.24) is 0 Å². The standard InChI is InChI=1S/2C10H14O.Zr/c2*1-10(2,3)8-5-4-6-9(11)7-8;/h2*4-7,11H,1-3H3;. The van der Waals surface area contributed by atoms with Crippen LogP contribution >= 0.6 is 0 Å². The molecule has 2 aromatic carbocycles. The fourth-order valence-electron chi connectivity index (χ4n) is 1.94. The van der Waals surface area contributed by atoms with Gasteiger partial charge in [0.05, 0.1) is 0 Å². The van der Waals surface area contributed by atoms with Crippen molar-refractivity contribution in [3.63, 3.8) is 0 Å². The molecule has 3 heteroatoms. The van der Waals surface area contributed by atoms with Crippen molar-refractivity contribution in [1.29, 1.82) is 0 Å². The van der Waals surface area contributed by atoms with Crippen LogP contribution in [0.1, 0.15) is 52.7 Å². The van der Waals surface area contributed by atoms with Gasteiger partial charge in [-0.05, 0) is 46.2 Å². The Kier molecular flexibility index (Phi) is 8.28. The van der Waals surface area contributed by atoms with Gasteiger partial charge in [-0.25, -0.2) is 0 Å². The number of phenols is 2. The van der Waals surface area contributed by atoms with Gasteiger partial charge < -0.3 is 10.2 Å². The molecule has 23 heavy (non-hydrogen) atoms. The molecule has 2 nitrogen and oxygen atoms in total. The molecule has 2 N–H and O–H groups in total. The van der Waals surface area contributed by atoms with Crippen LogP contribution in [0.4, 0.5) is 0 Å². The molecule has 0 aliphatic rings. The number of phenolic OH excluding ortho intramolecular Hbond substituents is 2. The molecule has 0 saturated heterocycles. The predicted octanol–water partition coefficient (Wildman–Crippen LogP) is 5.38. The van der Waals surface area contributed by atoms with Crippen LogP contribution in [0.25, 0.3) is 0 Å². The van der Waals surface area contributed by atoms with Crippen molar-refractivity contribution in [2.75, 3.05) is 0 Å². The maximum atomic E-state index is 9.18. The van der Waals surface area contributed by atoms with Gasteiger partial charge in [0.2, 0.25) is 0 Å². The minimum Gasteiger partial charge on any atom is -0.508 e. The summed E-state index contributed by atoms with van der Waals surface area (Å²) < 4.78 is 0. The summed E-state index contributed by atoms with van der Waals surface area (Å²) >= 11 is 0. The topological polar surface area (TPSA) is 40.5 Å². The van der Waals surface area contributed by atoms with Crippen LogP contribution in [-0.4, -0.2) is 10.2 Å². The average molecular weight is 392 g/mol. The third kappa shape index (κ3) is 7.84. The summed E-state index contributed by atoms with van der Waals surface area (Å²) in [7, 11) is 0. The molecule has 2 aromatic rings. The van der Waals surface area contributed by atoms with E-state index in [1.165, 1.54) is 0 Å². The molecule has 0 fully saturated rings. The number of aromatic hydroxyl groups is 2. The normalized spacial score (nSPS) is 11.0. The van der Waals surface area contributed by atoms with Crippen molar-refractivity contribution < 1.29 is 36.4 Å². The van der Waals surface area contributed by atoms with Crippen LogP contribution in [-0.2, 0) is 37.0 Å². The molecule has 0 amide bonds. The summed E-state index contributed by atoms with van der Waals surface area (Å²) in [6.45, 7) is 12.8. The second-order valence-corrected chi connectivity index (χ2v) is 7.60. The van der Waals surface area contributed by atoms with Gasteiger partial charge >= 0.3 is 0 Å². The zero-order valence-electron chi connectivity index (χ0n) is 15.0. The first-order valence-corrected chi connectivity index (χ1v) is 7.59.